The number of rotatable bonds is 2. The maximum atomic E-state index is 12.3. The van der Waals surface area contributed by atoms with Gasteiger partial charge in [-0.25, -0.2) is 4.52 Å². The molecule has 23 heavy (non-hydrogen) atoms. The molecule has 4 nitrogen and oxygen atoms in total. The number of thiazole rings is 1. The van der Waals surface area contributed by atoms with Crippen molar-refractivity contribution in [1.29, 1.82) is 0 Å². The van der Waals surface area contributed by atoms with Crippen LogP contribution in [-0.4, -0.2) is 14.6 Å². The van der Waals surface area contributed by atoms with Crippen molar-refractivity contribution in [3.05, 3.63) is 75.4 Å². The second kappa shape index (κ2) is 5.61. The summed E-state index contributed by atoms with van der Waals surface area (Å²) in [5, 5.41) is 7.09. The molecular formula is C17H10ClN3OS. The van der Waals surface area contributed by atoms with Gasteiger partial charge in [-0.1, -0.05) is 54.1 Å². The first kappa shape index (κ1) is 14.1. The standard InChI is InChI=1S/C17H10ClN3OS/c18-13-8-6-12(7-9-13)15-16(22)19-17-21(20-15)14(10-23-17)11-4-2-1-3-5-11/h1-10H. The van der Waals surface area contributed by atoms with Crippen molar-refractivity contribution < 1.29 is 0 Å². The Morgan fingerprint density at radius 2 is 1.70 bits per heavy atom. The summed E-state index contributed by atoms with van der Waals surface area (Å²) in [5.74, 6) is 0. The zero-order valence-electron chi connectivity index (χ0n) is 11.8. The van der Waals surface area contributed by atoms with Gasteiger partial charge in [0.1, 0.15) is 0 Å². The Labute approximate surface area is 140 Å². The SMILES string of the molecule is O=c1nc2scc(-c3ccccc3)n2nc1-c1ccc(Cl)cc1. The van der Waals surface area contributed by atoms with Gasteiger partial charge in [-0.3, -0.25) is 4.79 Å². The van der Waals surface area contributed by atoms with Gasteiger partial charge in [0, 0.05) is 21.5 Å². The van der Waals surface area contributed by atoms with Gasteiger partial charge in [0.15, 0.2) is 5.69 Å². The molecule has 0 unspecified atom stereocenters. The van der Waals surface area contributed by atoms with E-state index >= 15 is 0 Å². The molecule has 0 aliphatic heterocycles. The maximum Gasteiger partial charge on any atom is 0.300 e. The molecule has 2 aromatic heterocycles. The maximum absolute atomic E-state index is 12.3. The fraction of sp³-hybridized carbons (Fsp3) is 0. The first-order valence-corrected chi connectivity index (χ1v) is 8.18. The summed E-state index contributed by atoms with van der Waals surface area (Å²) in [7, 11) is 0. The van der Waals surface area contributed by atoms with E-state index < -0.39 is 0 Å². The van der Waals surface area contributed by atoms with Crippen LogP contribution in [0.5, 0.6) is 0 Å². The summed E-state index contributed by atoms with van der Waals surface area (Å²) in [6, 6.07) is 16.9. The smallest absolute Gasteiger partial charge is 0.265 e. The summed E-state index contributed by atoms with van der Waals surface area (Å²) in [4.78, 5) is 17.0. The van der Waals surface area contributed by atoms with Crippen molar-refractivity contribution in [1.82, 2.24) is 14.6 Å². The molecule has 0 N–H and O–H groups in total. The van der Waals surface area contributed by atoms with Crippen LogP contribution < -0.4 is 5.56 Å². The van der Waals surface area contributed by atoms with Gasteiger partial charge < -0.3 is 0 Å². The molecule has 0 atom stereocenters. The van der Waals surface area contributed by atoms with E-state index in [-0.39, 0.29) is 5.56 Å². The Balaban J connectivity index is 1.95. The third-order valence-electron chi connectivity index (χ3n) is 3.47. The fourth-order valence-electron chi connectivity index (χ4n) is 2.35. The van der Waals surface area contributed by atoms with Crippen molar-refractivity contribution >= 4 is 27.9 Å². The number of benzene rings is 2. The minimum absolute atomic E-state index is 0.315. The molecule has 4 rings (SSSR count). The number of hydrogen-bond donors (Lipinski definition) is 0. The van der Waals surface area contributed by atoms with E-state index in [4.69, 9.17) is 11.6 Å². The predicted octanol–water partition coefficient (Wildman–Crippen LogP) is 4.14. The quantitative estimate of drug-likeness (QED) is 0.551. The van der Waals surface area contributed by atoms with Crippen LogP contribution in [0.2, 0.25) is 5.02 Å². The van der Waals surface area contributed by atoms with E-state index in [1.54, 1.807) is 28.8 Å². The monoisotopic (exact) mass is 339 g/mol. The van der Waals surface area contributed by atoms with Gasteiger partial charge in [-0.15, -0.1) is 11.3 Å². The van der Waals surface area contributed by atoms with Crippen molar-refractivity contribution in [2.75, 3.05) is 0 Å². The number of hydrogen-bond acceptors (Lipinski definition) is 4. The molecule has 0 saturated carbocycles. The van der Waals surface area contributed by atoms with Crippen molar-refractivity contribution in [2.45, 2.75) is 0 Å². The molecule has 0 fully saturated rings. The Kier molecular flexibility index (Phi) is 3.44. The Morgan fingerprint density at radius 3 is 2.43 bits per heavy atom. The molecule has 112 valence electrons. The second-order valence-corrected chi connectivity index (χ2v) is 6.23. The Bertz CT molecular complexity index is 1040. The summed E-state index contributed by atoms with van der Waals surface area (Å²) in [6.07, 6.45) is 0. The minimum atomic E-state index is -0.339. The first-order chi connectivity index (χ1) is 11.2. The van der Waals surface area contributed by atoms with E-state index in [0.29, 0.717) is 21.2 Å². The largest absolute Gasteiger partial charge is 0.300 e. The first-order valence-electron chi connectivity index (χ1n) is 6.92. The van der Waals surface area contributed by atoms with Gasteiger partial charge in [0.25, 0.3) is 0 Å². The molecule has 0 bridgehead atoms. The van der Waals surface area contributed by atoms with E-state index in [1.165, 1.54) is 11.3 Å². The molecule has 6 heteroatoms. The molecule has 0 aliphatic carbocycles. The summed E-state index contributed by atoms with van der Waals surface area (Å²) < 4.78 is 1.71. The van der Waals surface area contributed by atoms with E-state index in [9.17, 15) is 4.79 Å². The van der Waals surface area contributed by atoms with Gasteiger partial charge >= 0.3 is 5.56 Å². The normalized spacial score (nSPS) is 11.0. The van der Waals surface area contributed by atoms with E-state index in [1.807, 2.05) is 35.7 Å². The van der Waals surface area contributed by atoms with E-state index in [2.05, 4.69) is 10.1 Å². The van der Waals surface area contributed by atoms with Crippen molar-refractivity contribution in [3.63, 3.8) is 0 Å². The second-order valence-electron chi connectivity index (χ2n) is 4.95. The lowest BCUT2D eigenvalue weighted by atomic mass is 10.1. The number of aromatic nitrogens is 3. The van der Waals surface area contributed by atoms with Gasteiger partial charge in [0.05, 0.1) is 5.69 Å². The van der Waals surface area contributed by atoms with Crippen molar-refractivity contribution in [2.24, 2.45) is 0 Å². The van der Waals surface area contributed by atoms with Gasteiger partial charge in [-0.2, -0.15) is 10.1 Å². The van der Waals surface area contributed by atoms with Crippen LogP contribution in [0.4, 0.5) is 0 Å². The van der Waals surface area contributed by atoms with Crippen LogP contribution in [0.15, 0.2) is 64.8 Å². The fourth-order valence-corrected chi connectivity index (χ4v) is 3.31. The van der Waals surface area contributed by atoms with Crippen LogP contribution in [0, 0.1) is 0 Å². The average Bonchev–Trinajstić information content (AvgIpc) is 2.98. The number of halogens is 1. The molecule has 0 aliphatic rings. The summed E-state index contributed by atoms with van der Waals surface area (Å²) >= 11 is 7.30. The molecular weight excluding hydrogens is 330 g/mol. The van der Waals surface area contributed by atoms with E-state index in [0.717, 1.165) is 11.3 Å². The highest BCUT2D eigenvalue weighted by Crippen LogP contribution is 2.25. The van der Waals surface area contributed by atoms with Crippen LogP contribution >= 0.6 is 22.9 Å². The summed E-state index contributed by atoms with van der Waals surface area (Å²) in [5.41, 5.74) is 2.61. The molecule has 0 spiro atoms. The molecule has 2 aromatic carbocycles. The van der Waals surface area contributed by atoms with Gasteiger partial charge in [-0.05, 0) is 12.1 Å². The number of fused-ring (bicyclic) bond motifs is 1. The third-order valence-corrected chi connectivity index (χ3v) is 4.54. The Hall–Kier alpha value is -2.50. The highest BCUT2D eigenvalue weighted by Gasteiger charge is 2.13. The highest BCUT2D eigenvalue weighted by molar-refractivity contribution is 7.15. The van der Waals surface area contributed by atoms with Gasteiger partial charge in [0.2, 0.25) is 4.96 Å². The van der Waals surface area contributed by atoms with Crippen LogP contribution in [0.3, 0.4) is 0 Å². The zero-order chi connectivity index (χ0) is 15.8. The minimum Gasteiger partial charge on any atom is -0.265 e. The Morgan fingerprint density at radius 1 is 0.957 bits per heavy atom. The van der Waals surface area contributed by atoms with Crippen LogP contribution in [-0.2, 0) is 0 Å². The molecule has 0 radical (unpaired) electrons. The van der Waals surface area contributed by atoms with Crippen LogP contribution in [0.25, 0.3) is 27.5 Å². The zero-order valence-corrected chi connectivity index (χ0v) is 13.4. The van der Waals surface area contributed by atoms with Crippen LogP contribution in [0.1, 0.15) is 0 Å². The topological polar surface area (TPSA) is 47.3 Å². The van der Waals surface area contributed by atoms with Crippen molar-refractivity contribution in [3.8, 4) is 22.5 Å². The third kappa shape index (κ3) is 2.54. The lowest BCUT2D eigenvalue weighted by Gasteiger charge is -2.04. The molecule has 0 saturated heterocycles. The molecule has 4 aromatic rings. The molecule has 0 amide bonds. The highest BCUT2D eigenvalue weighted by atomic mass is 35.5. The lowest BCUT2D eigenvalue weighted by molar-refractivity contribution is 0.914. The average molecular weight is 340 g/mol. The lowest BCUT2D eigenvalue weighted by Crippen LogP contribution is -2.14. The predicted molar refractivity (Wildman–Crippen MR) is 93.0 cm³/mol. The molecule has 2 heterocycles. The summed E-state index contributed by atoms with van der Waals surface area (Å²) in [6.45, 7) is 0. The number of nitrogens with zero attached hydrogens (tertiary/aromatic N) is 3.